The molecule has 4 rings (SSSR count). The van der Waals surface area contributed by atoms with Crippen LogP contribution in [0.3, 0.4) is 0 Å². The van der Waals surface area contributed by atoms with Gasteiger partial charge in [-0.1, -0.05) is 36.4 Å². The number of hydrogen-bond acceptors (Lipinski definition) is 4. The molecule has 0 radical (unpaired) electrons. The quantitative estimate of drug-likeness (QED) is 0.355. The number of carbonyl (C=O) groups excluding carboxylic acids is 2. The van der Waals surface area contributed by atoms with Gasteiger partial charge in [-0.05, 0) is 72.8 Å². The van der Waals surface area contributed by atoms with Crippen LogP contribution in [0.15, 0.2) is 109 Å². The monoisotopic (exact) mass is 451 g/mol. The Morgan fingerprint density at radius 3 is 1.91 bits per heavy atom. The summed E-state index contributed by atoms with van der Waals surface area (Å²) in [4.78, 5) is 26.6. The first-order valence-corrected chi connectivity index (χ1v) is 10.9. The van der Waals surface area contributed by atoms with E-state index in [4.69, 9.17) is 4.74 Å². The molecule has 34 heavy (non-hydrogen) atoms. The Hall–Kier alpha value is -4.58. The molecule has 4 aromatic carbocycles. The zero-order valence-corrected chi connectivity index (χ0v) is 18.8. The SMILES string of the molecule is CN(C(=O)c1ccc(NCC(=O)Nc2ccc(Oc3ccccc3)cc2)cc1)c1ccccc1. The van der Waals surface area contributed by atoms with Gasteiger partial charge < -0.3 is 20.3 Å². The number of nitrogens with zero attached hydrogens (tertiary/aromatic N) is 1. The molecule has 4 aromatic rings. The number of hydrogen-bond donors (Lipinski definition) is 2. The van der Waals surface area contributed by atoms with Crippen LogP contribution in [-0.4, -0.2) is 25.4 Å². The Balaban J connectivity index is 1.26. The first-order chi connectivity index (χ1) is 16.6. The van der Waals surface area contributed by atoms with Crippen LogP contribution < -0.4 is 20.3 Å². The van der Waals surface area contributed by atoms with Gasteiger partial charge in [0.15, 0.2) is 0 Å². The predicted molar refractivity (Wildman–Crippen MR) is 136 cm³/mol. The maximum absolute atomic E-state index is 12.7. The Kier molecular flexibility index (Phi) is 7.20. The number of nitrogens with one attached hydrogen (secondary N) is 2. The highest BCUT2D eigenvalue weighted by atomic mass is 16.5. The smallest absolute Gasteiger partial charge is 0.258 e. The van der Waals surface area contributed by atoms with Gasteiger partial charge in [-0.25, -0.2) is 0 Å². The molecule has 0 spiro atoms. The molecule has 0 heterocycles. The molecule has 170 valence electrons. The molecule has 0 aliphatic carbocycles. The first kappa shape index (κ1) is 22.6. The van der Waals surface area contributed by atoms with Gasteiger partial charge in [0.05, 0.1) is 6.54 Å². The molecular formula is C28H25N3O3. The van der Waals surface area contributed by atoms with Gasteiger partial charge in [0.25, 0.3) is 5.91 Å². The van der Waals surface area contributed by atoms with Crippen molar-refractivity contribution in [2.75, 3.05) is 29.1 Å². The summed E-state index contributed by atoms with van der Waals surface area (Å²) in [6.45, 7) is 0.0967. The standard InChI is InChI=1S/C28H25N3O3/c1-31(24-8-4-2-5-9-24)28(33)21-12-14-22(15-13-21)29-20-27(32)30-23-16-18-26(19-17-23)34-25-10-6-3-7-11-25/h2-19,29H,20H2,1H3,(H,30,32). The minimum atomic E-state index is -0.180. The van der Waals surface area contributed by atoms with Gasteiger partial charge in [-0.15, -0.1) is 0 Å². The molecule has 0 aliphatic heterocycles. The molecule has 2 N–H and O–H groups in total. The number of benzene rings is 4. The van der Waals surface area contributed by atoms with Gasteiger partial charge >= 0.3 is 0 Å². The number of rotatable bonds is 8. The normalized spacial score (nSPS) is 10.3. The lowest BCUT2D eigenvalue weighted by molar-refractivity contribution is -0.114. The number of carbonyl (C=O) groups is 2. The second-order valence-corrected chi connectivity index (χ2v) is 7.62. The van der Waals surface area contributed by atoms with Crippen LogP contribution in [0.5, 0.6) is 11.5 Å². The summed E-state index contributed by atoms with van der Waals surface area (Å²) >= 11 is 0. The second kappa shape index (κ2) is 10.8. The summed E-state index contributed by atoms with van der Waals surface area (Å²) in [7, 11) is 1.74. The van der Waals surface area contributed by atoms with E-state index < -0.39 is 0 Å². The highest BCUT2D eigenvalue weighted by molar-refractivity contribution is 6.05. The molecule has 6 heteroatoms. The molecular weight excluding hydrogens is 426 g/mol. The van der Waals surface area contributed by atoms with Crippen LogP contribution in [0.4, 0.5) is 17.1 Å². The minimum Gasteiger partial charge on any atom is -0.457 e. The van der Waals surface area contributed by atoms with Gasteiger partial charge in [-0.2, -0.15) is 0 Å². The van der Waals surface area contributed by atoms with Crippen molar-refractivity contribution < 1.29 is 14.3 Å². The lowest BCUT2D eigenvalue weighted by Crippen LogP contribution is -2.26. The van der Waals surface area contributed by atoms with E-state index in [1.807, 2.05) is 60.7 Å². The fraction of sp³-hybridized carbons (Fsp3) is 0.0714. The van der Waals surface area contributed by atoms with Crippen LogP contribution in [0.2, 0.25) is 0 Å². The molecule has 0 saturated carbocycles. The molecule has 0 aromatic heterocycles. The number of anilines is 3. The summed E-state index contributed by atoms with van der Waals surface area (Å²) < 4.78 is 5.76. The molecule has 0 fully saturated rings. The predicted octanol–water partition coefficient (Wildman–Crippen LogP) is 5.81. The average Bonchev–Trinajstić information content (AvgIpc) is 2.89. The molecule has 0 atom stereocenters. The molecule has 0 unspecified atom stereocenters. The van der Waals surface area contributed by atoms with Crippen molar-refractivity contribution in [2.45, 2.75) is 0 Å². The van der Waals surface area contributed by atoms with Crippen molar-refractivity contribution in [3.05, 3.63) is 115 Å². The maximum Gasteiger partial charge on any atom is 0.258 e. The maximum atomic E-state index is 12.7. The largest absolute Gasteiger partial charge is 0.457 e. The summed E-state index contributed by atoms with van der Waals surface area (Å²) in [5.41, 5.74) is 2.82. The van der Waals surface area contributed by atoms with Crippen molar-refractivity contribution >= 4 is 28.9 Å². The van der Waals surface area contributed by atoms with Crippen LogP contribution >= 0.6 is 0 Å². The average molecular weight is 452 g/mol. The summed E-state index contributed by atoms with van der Waals surface area (Å²) in [6, 6.07) is 33.2. The van der Waals surface area contributed by atoms with Crippen molar-refractivity contribution in [2.24, 2.45) is 0 Å². The lowest BCUT2D eigenvalue weighted by Gasteiger charge is -2.17. The minimum absolute atomic E-state index is 0.0967. The fourth-order valence-electron chi connectivity index (χ4n) is 3.31. The van der Waals surface area contributed by atoms with Gasteiger partial charge in [-0.3, -0.25) is 9.59 Å². The van der Waals surface area contributed by atoms with E-state index >= 15 is 0 Å². The van der Waals surface area contributed by atoms with Gasteiger partial charge in [0, 0.05) is 29.7 Å². The van der Waals surface area contributed by atoms with Crippen LogP contribution in [-0.2, 0) is 4.79 Å². The third-order valence-electron chi connectivity index (χ3n) is 5.15. The van der Waals surface area contributed by atoms with E-state index in [-0.39, 0.29) is 18.4 Å². The van der Waals surface area contributed by atoms with Crippen LogP contribution in [0.1, 0.15) is 10.4 Å². The second-order valence-electron chi connectivity index (χ2n) is 7.62. The van der Waals surface area contributed by atoms with E-state index in [1.165, 1.54) is 0 Å². The van der Waals surface area contributed by atoms with Crippen molar-refractivity contribution in [1.29, 1.82) is 0 Å². The first-order valence-electron chi connectivity index (χ1n) is 10.9. The third-order valence-corrected chi connectivity index (χ3v) is 5.15. The third kappa shape index (κ3) is 6.01. The molecule has 0 bridgehead atoms. The Morgan fingerprint density at radius 1 is 0.706 bits per heavy atom. The fourth-order valence-corrected chi connectivity index (χ4v) is 3.31. The highest BCUT2D eigenvalue weighted by Crippen LogP contribution is 2.22. The van der Waals surface area contributed by atoms with Crippen LogP contribution in [0, 0.1) is 0 Å². The Morgan fingerprint density at radius 2 is 1.26 bits per heavy atom. The van der Waals surface area contributed by atoms with Crippen molar-refractivity contribution in [3.63, 3.8) is 0 Å². The van der Waals surface area contributed by atoms with Crippen molar-refractivity contribution in [1.82, 2.24) is 0 Å². The van der Waals surface area contributed by atoms with E-state index in [1.54, 1.807) is 60.5 Å². The van der Waals surface area contributed by atoms with E-state index in [0.717, 1.165) is 17.1 Å². The zero-order valence-electron chi connectivity index (χ0n) is 18.8. The topological polar surface area (TPSA) is 70.7 Å². The molecule has 6 nitrogen and oxygen atoms in total. The van der Waals surface area contributed by atoms with Crippen LogP contribution in [0.25, 0.3) is 0 Å². The molecule has 2 amide bonds. The molecule has 0 saturated heterocycles. The lowest BCUT2D eigenvalue weighted by atomic mass is 10.1. The Bertz CT molecular complexity index is 1230. The molecule has 0 aliphatic rings. The van der Waals surface area contributed by atoms with Crippen molar-refractivity contribution in [3.8, 4) is 11.5 Å². The summed E-state index contributed by atoms with van der Waals surface area (Å²) in [5.74, 6) is 1.16. The Labute approximate surface area is 198 Å². The van der Waals surface area contributed by atoms with E-state index in [2.05, 4.69) is 10.6 Å². The number of amides is 2. The van der Waals surface area contributed by atoms with Gasteiger partial charge in [0.2, 0.25) is 5.91 Å². The van der Waals surface area contributed by atoms with E-state index in [0.29, 0.717) is 17.0 Å². The summed E-state index contributed by atoms with van der Waals surface area (Å²) in [5, 5.41) is 5.92. The zero-order chi connectivity index (χ0) is 23.8. The number of ether oxygens (including phenoxy) is 1. The van der Waals surface area contributed by atoms with E-state index in [9.17, 15) is 9.59 Å². The highest BCUT2D eigenvalue weighted by Gasteiger charge is 2.13. The van der Waals surface area contributed by atoms with Gasteiger partial charge in [0.1, 0.15) is 11.5 Å². The summed E-state index contributed by atoms with van der Waals surface area (Å²) in [6.07, 6.45) is 0. The number of para-hydroxylation sites is 2.